The van der Waals surface area contributed by atoms with Crippen LogP contribution in [0.2, 0.25) is 0 Å². The van der Waals surface area contributed by atoms with Crippen LogP contribution in [0.15, 0.2) is 6.20 Å². The SMILES string of the molecule is Cc1nc([C@H]2CN([C@H](C)C(=O)Nc3ncc(C)s3)CCO2)n[nH]1. The molecule has 0 unspecified atom stereocenters. The van der Waals surface area contributed by atoms with Crippen molar-refractivity contribution in [2.24, 2.45) is 0 Å². The number of carbonyl (C=O) groups is 1. The van der Waals surface area contributed by atoms with E-state index in [-0.39, 0.29) is 18.1 Å². The van der Waals surface area contributed by atoms with Crippen molar-refractivity contribution >= 4 is 22.4 Å². The summed E-state index contributed by atoms with van der Waals surface area (Å²) in [5.41, 5.74) is 0. The second kappa shape index (κ2) is 6.73. The lowest BCUT2D eigenvalue weighted by atomic mass is 10.2. The molecule has 2 aromatic heterocycles. The van der Waals surface area contributed by atoms with Crippen LogP contribution in [0.1, 0.15) is 29.6 Å². The summed E-state index contributed by atoms with van der Waals surface area (Å²) in [5, 5.41) is 10.5. The third-order valence-corrected chi connectivity index (χ3v) is 4.61. The minimum atomic E-state index is -0.273. The predicted octanol–water partition coefficient (Wildman–Crippen LogP) is 1.28. The molecule has 1 aliphatic heterocycles. The smallest absolute Gasteiger partial charge is 0.243 e. The lowest BCUT2D eigenvalue weighted by Crippen LogP contribution is -2.48. The van der Waals surface area contributed by atoms with E-state index in [1.807, 2.05) is 20.8 Å². The number of ether oxygens (including phenoxy) is 1. The lowest BCUT2D eigenvalue weighted by molar-refractivity contribution is -0.124. The number of morpholine rings is 1. The Kier molecular flexibility index (Phi) is 4.69. The summed E-state index contributed by atoms with van der Waals surface area (Å²) < 4.78 is 5.73. The Bertz CT molecular complexity index is 684. The van der Waals surface area contributed by atoms with Gasteiger partial charge in [-0.2, -0.15) is 5.10 Å². The molecule has 0 radical (unpaired) electrons. The van der Waals surface area contributed by atoms with Crippen molar-refractivity contribution in [1.82, 2.24) is 25.1 Å². The highest BCUT2D eigenvalue weighted by atomic mass is 32.1. The van der Waals surface area contributed by atoms with Gasteiger partial charge in [-0.1, -0.05) is 0 Å². The number of aryl methyl sites for hydroxylation is 2. The summed E-state index contributed by atoms with van der Waals surface area (Å²) >= 11 is 1.47. The Morgan fingerprint density at radius 2 is 2.39 bits per heavy atom. The fourth-order valence-electron chi connectivity index (χ4n) is 2.47. The molecule has 3 rings (SSSR count). The maximum atomic E-state index is 12.4. The molecule has 3 heterocycles. The van der Waals surface area contributed by atoms with Gasteiger partial charge in [0.25, 0.3) is 0 Å². The van der Waals surface area contributed by atoms with Crippen LogP contribution >= 0.6 is 11.3 Å². The van der Waals surface area contributed by atoms with Crippen LogP contribution in [0.25, 0.3) is 0 Å². The summed E-state index contributed by atoms with van der Waals surface area (Å²) in [6.07, 6.45) is 1.53. The van der Waals surface area contributed by atoms with Gasteiger partial charge in [-0.05, 0) is 20.8 Å². The van der Waals surface area contributed by atoms with Crippen LogP contribution in [0.5, 0.6) is 0 Å². The number of thiazole rings is 1. The first-order valence-electron chi connectivity index (χ1n) is 7.51. The number of rotatable bonds is 4. The predicted molar refractivity (Wildman–Crippen MR) is 86.3 cm³/mol. The van der Waals surface area contributed by atoms with E-state index in [4.69, 9.17) is 4.74 Å². The molecule has 2 atom stereocenters. The van der Waals surface area contributed by atoms with Gasteiger partial charge in [0, 0.05) is 24.2 Å². The number of aromatic amines is 1. The summed E-state index contributed by atoms with van der Waals surface area (Å²) in [5.74, 6) is 1.33. The van der Waals surface area contributed by atoms with Crippen LogP contribution in [-0.2, 0) is 9.53 Å². The molecule has 9 heteroatoms. The van der Waals surface area contributed by atoms with Gasteiger partial charge in [0.15, 0.2) is 11.0 Å². The number of amides is 1. The Morgan fingerprint density at radius 1 is 1.57 bits per heavy atom. The van der Waals surface area contributed by atoms with Gasteiger partial charge in [0.05, 0.1) is 12.6 Å². The Balaban J connectivity index is 1.62. The van der Waals surface area contributed by atoms with Crippen molar-refractivity contribution in [2.45, 2.75) is 32.9 Å². The summed E-state index contributed by atoms with van der Waals surface area (Å²) in [7, 11) is 0. The molecule has 1 fully saturated rings. The van der Waals surface area contributed by atoms with Crippen LogP contribution in [0.3, 0.4) is 0 Å². The van der Waals surface area contributed by atoms with Gasteiger partial charge < -0.3 is 10.1 Å². The first-order chi connectivity index (χ1) is 11.0. The zero-order valence-electron chi connectivity index (χ0n) is 13.4. The molecular formula is C14H20N6O2S. The third-order valence-electron chi connectivity index (χ3n) is 3.78. The topological polar surface area (TPSA) is 96.0 Å². The van der Waals surface area contributed by atoms with Gasteiger partial charge >= 0.3 is 0 Å². The van der Waals surface area contributed by atoms with E-state index in [9.17, 15) is 4.79 Å². The Hall–Kier alpha value is -1.84. The molecule has 0 aliphatic carbocycles. The molecule has 8 nitrogen and oxygen atoms in total. The summed E-state index contributed by atoms with van der Waals surface area (Å²) in [4.78, 5) is 24.0. The van der Waals surface area contributed by atoms with Crippen LogP contribution < -0.4 is 5.32 Å². The first kappa shape index (κ1) is 16.0. The number of carbonyl (C=O) groups excluding carboxylic acids is 1. The Morgan fingerprint density at radius 3 is 3.04 bits per heavy atom. The minimum Gasteiger partial charge on any atom is -0.367 e. The molecule has 0 bridgehead atoms. The van der Waals surface area contributed by atoms with Crippen molar-refractivity contribution < 1.29 is 9.53 Å². The van der Waals surface area contributed by atoms with E-state index < -0.39 is 0 Å². The number of hydrogen-bond donors (Lipinski definition) is 2. The van der Waals surface area contributed by atoms with Crippen LogP contribution in [-0.4, -0.2) is 56.7 Å². The second-order valence-corrected chi connectivity index (χ2v) is 6.81. The van der Waals surface area contributed by atoms with E-state index in [0.29, 0.717) is 30.7 Å². The number of nitrogens with one attached hydrogen (secondary N) is 2. The lowest BCUT2D eigenvalue weighted by Gasteiger charge is -2.34. The van der Waals surface area contributed by atoms with E-state index in [1.54, 1.807) is 6.20 Å². The molecule has 0 spiro atoms. The number of hydrogen-bond acceptors (Lipinski definition) is 7. The monoisotopic (exact) mass is 336 g/mol. The molecule has 124 valence electrons. The van der Waals surface area contributed by atoms with Gasteiger partial charge in [0.1, 0.15) is 11.9 Å². The highest BCUT2D eigenvalue weighted by Gasteiger charge is 2.30. The quantitative estimate of drug-likeness (QED) is 0.873. The molecule has 0 saturated carbocycles. The van der Waals surface area contributed by atoms with Crippen molar-refractivity contribution in [2.75, 3.05) is 25.0 Å². The third kappa shape index (κ3) is 3.74. The fraction of sp³-hybridized carbons (Fsp3) is 0.571. The normalized spacial score (nSPS) is 20.4. The van der Waals surface area contributed by atoms with E-state index in [1.165, 1.54) is 11.3 Å². The molecule has 1 amide bonds. The zero-order chi connectivity index (χ0) is 16.4. The molecule has 2 aromatic rings. The highest BCUT2D eigenvalue weighted by Crippen LogP contribution is 2.22. The van der Waals surface area contributed by atoms with Crippen molar-refractivity contribution in [3.63, 3.8) is 0 Å². The van der Waals surface area contributed by atoms with Gasteiger partial charge in [-0.25, -0.2) is 9.97 Å². The molecular weight excluding hydrogens is 316 g/mol. The maximum absolute atomic E-state index is 12.4. The maximum Gasteiger partial charge on any atom is 0.243 e. The molecule has 1 saturated heterocycles. The number of aromatic nitrogens is 4. The molecule has 0 aromatic carbocycles. The Labute approximate surface area is 138 Å². The van der Waals surface area contributed by atoms with Crippen LogP contribution in [0, 0.1) is 13.8 Å². The molecule has 1 aliphatic rings. The molecule has 23 heavy (non-hydrogen) atoms. The highest BCUT2D eigenvalue weighted by molar-refractivity contribution is 7.15. The largest absolute Gasteiger partial charge is 0.367 e. The fourth-order valence-corrected chi connectivity index (χ4v) is 3.14. The van der Waals surface area contributed by atoms with Gasteiger partial charge in [-0.15, -0.1) is 11.3 Å². The summed E-state index contributed by atoms with van der Waals surface area (Å²) in [6.45, 7) is 7.53. The first-order valence-corrected chi connectivity index (χ1v) is 8.32. The van der Waals surface area contributed by atoms with Crippen molar-refractivity contribution in [1.29, 1.82) is 0 Å². The standard InChI is InChI=1S/C14H20N6O2S/c1-8-6-15-14(23-8)17-13(21)9(2)20-4-5-22-11(7-20)12-16-10(3)18-19-12/h6,9,11H,4-5,7H2,1-3H3,(H,15,17,21)(H,16,18,19)/t9-,11-/m1/s1. The number of nitrogens with zero attached hydrogens (tertiary/aromatic N) is 4. The van der Waals surface area contributed by atoms with Gasteiger partial charge in [-0.3, -0.25) is 14.8 Å². The second-order valence-electron chi connectivity index (χ2n) is 5.57. The summed E-state index contributed by atoms with van der Waals surface area (Å²) in [6, 6.07) is -0.273. The number of H-pyrrole nitrogens is 1. The average Bonchev–Trinajstić information content (AvgIpc) is 3.15. The van der Waals surface area contributed by atoms with Gasteiger partial charge in [0.2, 0.25) is 5.91 Å². The zero-order valence-corrected chi connectivity index (χ0v) is 14.2. The van der Waals surface area contributed by atoms with Crippen molar-refractivity contribution in [3.05, 3.63) is 22.7 Å². The molecule has 2 N–H and O–H groups in total. The van der Waals surface area contributed by atoms with Crippen LogP contribution in [0.4, 0.5) is 5.13 Å². The van der Waals surface area contributed by atoms with E-state index >= 15 is 0 Å². The minimum absolute atomic E-state index is 0.0637. The van der Waals surface area contributed by atoms with E-state index in [2.05, 4.69) is 30.4 Å². The van der Waals surface area contributed by atoms with E-state index in [0.717, 1.165) is 10.7 Å². The van der Waals surface area contributed by atoms with Crippen molar-refractivity contribution in [3.8, 4) is 0 Å². The number of anilines is 1. The average molecular weight is 336 g/mol.